The minimum Gasteiger partial charge on any atom is -0.462 e. The SMILES string of the molecule is CCCCOC(=O)c1ccc(C2N=c3cc(C)c(N)cc3=N2)cc1. The molecule has 1 heterocycles. The molecular formula is C19H21N3O2. The van der Waals surface area contributed by atoms with Crippen LogP contribution in [0, 0.1) is 6.92 Å². The van der Waals surface area contributed by atoms with Gasteiger partial charge in [-0.25, -0.2) is 4.79 Å². The van der Waals surface area contributed by atoms with Gasteiger partial charge in [0.25, 0.3) is 0 Å². The van der Waals surface area contributed by atoms with Gasteiger partial charge in [0, 0.05) is 5.69 Å². The Hall–Kier alpha value is -2.69. The number of hydrogen-bond acceptors (Lipinski definition) is 5. The van der Waals surface area contributed by atoms with Crippen molar-refractivity contribution in [2.45, 2.75) is 32.9 Å². The Morgan fingerprint density at radius 3 is 2.50 bits per heavy atom. The van der Waals surface area contributed by atoms with Gasteiger partial charge in [-0.2, -0.15) is 0 Å². The smallest absolute Gasteiger partial charge is 0.338 e. The van der Waals surface area contributed by atoms with Crippen molar-refractivity contribution < 1.29 is 9.53 Å². The quantitative estimate of drug-likeness (QED) is 0.522. The lowest BCUT2D eigenvalue weighted by Gasteiger charge is -2.07. The highest BCUT2D eigenvalue weighted by molar-refractivity contribution is 5.89. The van der Waals surface area contributed by atoms with Crippen LogP contribution in [0.15, 0.2) is 46.4 Å². The van der Waals surface area contributed by atoms with Crippen LogP contribution in [0.3, 0.4) is 0 Å². The van der Waals surface area contributed by atoms with Crippen LogP contribution in [-0.4, -0.2) is 12.6 Å². The van der Waals surface area contributed by atoms with E-state index in [0.717, 1.165) is 40.4 Å². The number of rotatable bonds is 5. The van der Waals surface area contributed by atoms with Crippen molar-refractivity contribution in [2.24, 2.45) is 9.98 Å². The third-order valence-corrected chi connectivity index (χ3v) is 4.06. The van der Waals surface area contributed by atoms with Crippen LogP contribution in [0.5, 0.6) is 0 Å². The molecule has 0 aliphatic carbocycles. The van der Waals surface area contributed by atoms with E-state index in [1.165, 1.54) is 0 Å². The van der Waals surface area contributed by atoms with Crippen molar-refractivity contribution in [1.82, 2.24) is 0 Å². The second-order valence-electron chi connectivity index (χ2n) is 5.94. The number of ether oxygens (including phenoxy) is 1. The summed E-state index contributed by atoms with van der Waals surface area (Å²) < 4.78 is 5.21. The summed E-state index contributed by atoms with van der Waals surface area (Å²) in [7, 11) is 0. The summed E-state index contributed by atoms with van der Waals surface area (Å²) in [5, 5.41) is 1.67. The molecule has 2 aromatic rings. The van der Waals surface area contributed by atoms with Crippen LogP contribution >= 0.6 is 0 Å². The molecule has 5 heteroatoms. The van der Waals surface area contributed by atoms with Gasteiger partial charge in [0.1, 0.15) is 0 Å². The summed E-state index contributed by atoms with van der Waals surface area (Å²) in [5.41, 5.74) is 9.13. The summed E-state index contributed by atoms with van der Waals surface area (Å²) in [6.45, 7) is 4.47. The Labute approximate surface area is 140 Å². The van der Waals surface area contributed by atoms with Gasteiger partial charge in [-0.3, -0.25) is 9.98 Å². The number of carbonyl (C=O) groups excluding carboxylic acids is 1. The van der Waals surface area contributed by atoms with E-state index in [9.17, 15) is 4.79 Å². The Bertz CT molecular complexity index is 832. The zero-order chi connectivity index (χ0) is 17.1. The molecule has 2 aromatic carbocycles. The van der Waals surface area contributed by atoms with E-state index in [4.69, 9.17) is 10.5 Å². The van der Waals surface area contributed by atoms with E-state index in [1.807, 2.05) is 31.2 Å². The highest BCUT2D eigenvalue weighted by Gasteiger charge is 2.15. The molecule has 1 aliphatic heterocycles. The molecule has 1 atom stereocenters. The number of aryl methyl sites for hydroxylation is 1. The summed E-state index contributed by atoms with van der Waals surface area (Å²) in [6, 6.07) is 11.1. The summed E-state index contributed by atoms with van der Waals surface area (Å²) in [4.78, 5) is 21.1. The lowest BCUT2D eigenvalue weighted by atomic mass is 10.1. The van der Waals surface area contributed by atoms with Gasteiger partial charge in [-0.05, 0) is 48.7 Å². The van der Waals surface area contributed by atoms with Crippen molar-refractivity contribution in [1.29, 1.82) is 0 Å². The normalized spacial score (nSPS) is 15.3. The first-order valence-corrected chi connectivity index (χ1v) is 8.17. The topological polar surface area (TPSA) is 77.0 Å². The van der Waals surface area contributed by atoms with E-state index in [0.29, 0.717) is 12.2 Å². The molecule has 0 fully saturated rings. The fourth-order valence-electron chi connectivity index (χ4n) is 2.53. The standard InChI is InChI=1S/C19H21N3O2/c1-3-4-9-24-19(23)14-7-5-13(6-8-14)18-21-16-10-12(2)15(20)11-17(16)22-18/h5-8,10-11,18H,3-4,9,20H2,1-2H3. The average molecular weight is 323 g/mol. The number of anilines is 1. The minimum absolute atomic E-state index is 0.286. The Kier molecular flexibility index (Phi) is 4.60. The van der Waals surface area contributed by atoms with Crippen LogP contribution in [0.2, 0.25) is 0 Å². The summed E-state index contributed by atoms with van der Waals surface area (Å²) >= 11 is 0. The average Bonchev–Trinajstić information content (AvgIpc) is 2.98. The Morgan fingerprint density at radius 2 is 1.83 bits per heavy atom. The van der Waals surface area contributed by atoms with Crippen molar-refractivity contribution in [2.75, 3.05) is 12.3 Å². The number of benzene rings is 2. The van der Waals surface area contributed by atoms with Crippen molar-refractivity contribution in [3.63, 3.8) is 0 Å². The maximum Gasteiger partial charge on any atom is 0.338 e. The largest absolute Gasteiger partial charge is 0.462 e. The van der Waals surface area contributed by atoms with Crippen LogP contribution in [-0.2, 0) is 4.74 Å². The van der Waals surface area contributed by atoms with Crippen LogP contribution in [0.25, 0.3) is 0 Å². The fourth-order valence-corrected chi connectivity index (χ4v) is 2.53. The highest BCUT2D eigenvalue weighted by Crippen LogP contribution is 2.20. The maximum absolute atomic E-state index is 11.9. The molecule has 0 radical (unpaired) electrons. The number of nitrogen functional groups attached to an aromatic ring is 1. The third kappa shape index (κ3) is 3.30. The second kappa shape index (κ2) is 6.83. The van der Waals surface area contributed by atoms with E-state index in [-0.39, 0.29) is 12.1 Å². The van der Waals surface area contributed by atoms with Crippen molar-refractivity contribution >= 4 is 11.7 Å². The van der Waals surface area contributed by atoms with Gasteiger partial charge in [0.2, 0.25) is 0 Å². The lowest BCUT2D eigenvalue weighted by molar-refractivity contribution is 0.0499. The molecular weight excluding hydrogens is 302 g/mol. The molecule has 0 aromatic heterocycles. The number of hydrogen-bond donors (Lipinski definition) is 1. The highest BCUT2D eigenvalue weighted by atomic mass is 16.5. The third-order valence-electron chi connectivity index (χ3n) is 4.06. The molecule has 24 heavy (non-hydrogen) atoms. The van der Waals surface area contributed by atoms with Crippen molar-refractivity contribution in [3.05, 3.63) is 63.8 Å². The first-order valence-electron chi connectivity index (χ1n) is 8.17. The molecule has 2 N–H and O–H groups in total. The molecule has 0 saturated carbocycles. The number of fused-ring (bicyclic) bond motifs is 1. The molecule has 0 bridgehead atoms. The van der Waals surface area contributed by atoms with Crippen molar-refractivity contribution in [3.8, 4) is 0 Å². The van der Waals surface area contributed by atoms with Gasteiger partial charge in [0.05, 0.1) is 22.9 Å². The zero-order valence-corrected chi connectivity index (χ0v) is 14.0. The lowest BCUT2D eigenvalue weighted by Crippen LogP contribution is -2.22. The van der Waals surface area contributed by atoms with E-state index in [1.54, 1.807) is 12.1 Å². The molecule has 5 nitrogen and oxygen atoms in total. The van der Waals surface area contributed by atoms with Gasteiger partial charge >= 0.3 is 5.97 Å². The van der Waals surface area contributed by atoms with Gasteiger partial charge in [-0.1, -0.05) is 25.5 Å². The van der Waals surface area contributed by atoms with Crippen LogP contribution < -0.4 is 16.4 Å². The minimum atomic E-state index is -0.290. The number of carbonyl (C=O) groups is 1. The molecule has 0 spiro atoms. The number of nitrogens with zero attached hydrogens (tertiary/aromatic N) is 2. The zero-order valence-electron chi connectivity index (χ0n) is 14.0. The predicted octanol–water partition coefficient (Wildman–Crippen LogP) is 2.49. The maximum atomic E-state index is 11.9. The molecule has 0 amide bonds. The van der Waals surface area contributed by atoms with Gasteiger partial charge in [-0.15, -0.1) is 0 Å². The fraction of sp³-hybridized carbons (Fsp3) is 0.316. The summed E-state index contributed by atoms with van der Waals surface area (Å²) in [5.74, 6) is -0.290. The first kappa shape index (κ1) is 16.2. The van der Waals surface area contributed by atoms with Crippen LogP contribution in [0.4, 0.5) is 5.69 Å². The number of esters is 1. The predicted molar refractivity (Wildman–Crippen MR) is 92.3 cm³/mol. The summed E-state index contributed by atoms with van der Waals surface area (Å²) in [6.07, 6.45) is 1.60. The molecule has 124 valence electrons. The molecule has 1 aliphatic rings. The first-order chi connectivity index (χ1) is 11.6. The molecule has 3 rings (SSSR count). The monoisotopic (exact) mass is 323 g/mol. The Balaban J connectivity index is 1.77. The van der Waals surface area contributed by atoms with E-state index in [2.05, 4.69) is 16.9 Å². The second-order valence-corrected chi connectivity index (χ2v) is 5.94. The molecule has 0 saturated heterocycles. The van der Waals surface area contributed by atoms with Crippen LogP contribution in [0.1, 0.15) is 47.4 Å². The van der Waals surface area contributed by atoms with Gasteiger partial charge < -0.3 is 10.5 Å². The van der Waals surface area contributed by atoms with Gasteiger partial charge in [0.15, 0.2) is 6.17 Å². The number of nitrogens with two attached hydrogens (primary N) is 1. The molecule has 1 unspecified atom stereocenters. The number of unbranched alkanes of at least 4 members (excludes halogenated alkanes) is 1. The Morgan fingerprint density at radius 1 is 1.17 bits per heavy atom. The van der Waals surface area contributed by atoms with E-state index < -0.39 is 0 Å². The van der Waals surface area contributed by atoms with E-state index >= 15 is 0 Å².